The maximum atomic E-state index is 12.7. The van der Waals surface area contributed by atoms with E-state index in [0.29, 0.717) is 22.9 Å². The van der Waals surface area contributed by atoms with Gasteiger partial charge in [-0.3, -0.25) is 19.5 Å². The number of ether oxygens (including phenoxy) is 1. The Labute approximate surface area is 174 Å². The van der Waals surface area contributed by atoms with Gasteiger partial charge in [-0.1, -0.05) is 0 Å². The molecular formula is C21H25N5O4. The minimum absolute atomic E-state index is 0.0224. The number of Topliss-reactive ketones (excluding diaryl/α,β-unsaturated/α-hetero) is 1. The molecule has 2 aliphatic rings. The molecule has 4 rings (SSSR count). The van der Waals surface area contributed by atoms with Gasteiger partial charge in [0.15, 0.2) is 11.6 Å². The van der Waals surface area contributed by atoms with Crippen LogP contribution in [0.15, 0.2) is 24.5 Å². The van der Waals surface area contributed by atoms with Crippen LogP contribution in [-0.4, -0.2) is 63.7 Å². The highest BCUT2D eigenvalue weighted by Crippen LogP contribution is 2.34. The van der Waals surface area contributed by atoms with Crippen molar-refractivity contribution in [1.82, 2.24) is 15.0 Å². The minimum atomic E-state index is -1.11. The second kappa shape index (κ2) is 8.45. The number of aliphatic hydroxyl groups is 1. The van der Waals surface area contributed by atoms with Crippen LogP contribution in [0.2, 0.25) is 0 Å². The monoisotopic (exact) mass is 411 g/mol. The van der Waals surface area contributed by atoms with Crippen molar-refractivity contribution in [2.75, 3.05) is 23.9 Å². The molecule has 2 aromatic heterocycles. The first-order valence-electron chi connectivity index (χ1n) is 10.1. The molecule has 1 amide bonds. The van der Waals surface area contributed by atoms with Crippen LogP contribution >= 0.6 is 0 Å². The maximum absolute atomic E-state index is 12.7. The fraction of sp³-hybridized carbons (Fsp3) is 0.476. The van der Waals surface area contributed by atoms with Gasteiger partial charge in [-0.2, -0.15) is 0 Å². The van der Waals surface area contributed by atoms with Gasteiger partial charge in [-0.25, -0.2) is 9.97 Å². The smallest absolute Gasteiger partial charge is 0.247 e. The predicted molar refractivity (Wildman–Crippen MR) is 110 cm³/mol. The van der Waals surface area contributed by atoms with Crippen LogP contribution in [0.25, 0.3) is 11.3 Å². The quantitative estimate of drug-likeness (QED) is 0.716. The third kappa shape index (κ3) is 3.90. The molecule has 0 aromatic carbocycles. The zero-order valence-electron chi connectivity index (χ0n) is 17.0. The first-order valence-corrected chi connectivity index (χ1v) is 10.1. The Morgan fingerprint density at radius 3 is 2.63 bits per heavy atom. The Morgan fingerprint density at radius 2 is 2.00 bits per heavy atom. The second-order valence-corrected chi connectivity index (χ2v) is 7.68. The number of aliphatic hydroxyl groups excluding tert-OH is 1. The highest BCUT2D eigenvalue weighted by Gasteiger charge is 2.35. The third-order valence-corrected chi connectivity index (χ3v) is 5.69. The molecular weight excluding hydrogens is 386 g/mol. The van der Waals surface area contributed by atoms with Gasteiger partial charge >= 0.3 is 0 Å². The van der Waals surface area contributed by atoms with E-state index in [-0.39, 0.29) is 30.3 Å². The van der Waals surface area contributed by atoms with Crippen molar-refractivity contribution >= 4 is 23.3 Å². The maximum Gasteiger partial charge on any atom is 0.247 e. The fourth-order valence-electron chi connectivity index (χ4n) is 3.99. The molecule has 1 aliphatic heterocycles. The van der Waals surface area contributed by atoms with E-state index in [1.165, 1.54) is 13.1 Å². The van der Waals surface area contributed by atoms with Crippen LogP contribution in [0.3, 0.4) is 0 Å². The van der Waals surface area contributed by atoms with E-state index in [0.717, 1.165) is 25.7 Å². The lowest BCUT2D eigenvalue weighted by Crippen LogP contribution is -2.49. The molecule has 0 bridgehead atoms. The summed E-state index contributed by atoms with van der Waals surface area (Å²) >= 11 is 0. The first kappa shape index (κ1) is 20.4. The average molecular weight is 411 g/mol. The van der Waals surface area contributed by atoms with Gasteiger partial charge in [0.1, 0.15) is 11.8 Å². The number of anilines is 2. The Hall–Kier alpha value is -2.91. The number of rotatable bonds is 5. The summed E-state index contributed by atoms with van der Waals surface area (Å²) in [5.74, 6) is 0.645. The standard InChI is InChI=1S/C21H25N5O4/c1-12(27)19(29)16-8-3-13(9-22-16)17-10-23-20-21(25-17)26(18(28)11-24-20)14-4-6-15(30-2)7-5-14/h3,8-10,12,14-15,27H,4-7,11H2,1-2H3,(H,23,24). The summed E-state index contributed by atoms with van der Waals surface area (Å²) in [5.41, 5.74) is 1.42. The summed E-state index contributed by atoms with van der Waals surface area (Å²) in [6.45, 7) is 1.61. The summed E-state index contributed by atoms with van der Waals surface area (Å²) < 4.78 is 5.45. The molecule has 1 unspecified atom stereocenters. The zero-order valence-corrected chi connectivity index (χ0v) is 17.0. The van der Waals surface area contributed by atoms with Gasteiger partial charge in [-0.05, 0) is 44.7 Å². The molecule has 1 atom stereocenters. The third-order valence-electron chi connectivity index (χ3n) is 5.69. The number of nitrogens with one attached hydrogen (secondary N) is 1. The number of fused-ring (bicyclic) bond motifs is 1. The van der Waals surface area contributed by atoms with Crippen LogP contribution in [0, 0.1) is 0 Å². The van der Waals surface area contributed by atoms with Crippen molar-refractivity contribution < 1.29 is 19.4 Å². The number of carbonyl (C=O) groups is 2. The second-order valence-electron chi connectivity index (χ2n) is 7.68. The van der Waals surface area contributed by atoms with E-state index in [4.69, 9.17) is 9.72 Å². The predicted octanol–water partition coefficient (Wildman–Crippen LogP) is 1.82. The normalized spacial score (nSPS) is 22.2. The van der Waals surface area contributed by atoms with E-state index >= 15 is 0 Å². The van der Waals surface area contributed by atoms with Crippen LogP contribution in [-0.2, 0) is 9.53 Å². The molecule has 0 radical (unpaired) electrons. The lowest BCUT2D eigenvalue weighted by atomic mass is 9.91. The van der Waals surface area contributed by atoms with Gasteiger partial charge in [0.05, 0.1) is 24.5 Å². The molecule has 0 spiro atoms. The van der Waals surface area contributed by atoms with Crippen LogP contribution in [0.1, 0.15) is 43.1 Å². The van der Waals surface area contributed by atoms with E-state index in [2.05, 4.69) is 15.3 Å². The SMILES string of the molecule is COC1CCC(N2C(=O)CNc3ncc(-c4ccc(C(=O)C(C)O)nc4)nc32)CC1. The lowest BCUT2D eigenvalue weighted by molar-refractivity contribution is -0.118. The number of hydrogen-bond acceptors (Lipinski definition) is 8. The molecule has 1 fully saturated rings. The number of amides is 1. The number of methoxy groups -OCH3 is 1. The molecule has 1 aliphatic carbocycles. The summed E-state index contributed by atoms with van der Waals surface area (Å²) in [4.78, 5) is 39.7. The van der Waals surface area contributed by atoms with Gasteiger partial charge < -0.3 is 15.2 Å². The highest BCUT2D eigenvalue weighted by molar-refractivity contribution is 6.01. The van der Waals surface area contributed by atoms with Gasteiger partial charge in [-0.15, -0.1) is 0 Å². The van der Waals surface area contributed by atoms with Crippen molar-refractivity contribution in [3.63, 3.8) is 0 Å². The van der Waals surface area contributed by atoms with Gasteiger partial charge in [0.2, 0.25) is 11.7 Å². The Balaban J connectivity index is 1.62. The number of aromatic nitrogens is 3. The largest absolute Gasteiger partial charge is 0.385 e. The van der Waals surface area contributed by atoms with Gasteiger partial charge in [0, 0.05) is 24.9 Å². The highest BCUT2D eigenvalue weighted by atomic mass is 16.5. The number of nitrogens with zero attached hydrogens (tertiary/aromatic N) is 4. The summed E-state index contributed by atoms with van der Waals surface area (Å²) in [7, 11) is 1.72. The average Bonchev–Trinajstić information content (AvgIpc) is 2.78. The number of pyridine rings is 1. The van der Waals surface area contributed by atoms with Crippen molar-refractivity contribution in [2.45, 2.75) is 50.9 Å². The van der Waals surface area contributed by atoms with Crippen molar-refractivity contribution in [3.05, 3.63) is 30.2 Å². The van der Waals surface area contributed by atoms with E-state index in [1.54, 1.807) is 30.3 Å². The molecule has 1 saturated carbocycles. The molecule has 0 saturated heterocycles. The molecule has 30 heavy (non-hydrogen) atoms. The molecule has 9 nitrogen and oxygen atoms in total. The van der Waals surface area contributed by atoms with Crippen LogP contribution in [0.5, 0.6) is 0 Å². The number of hydrogen-bond donors (Lipinski definition) is 2. The summed E-state index contributed by atoms with van der Waals surface area (Å²) in [6, 6.07) is 3.34. The molecule has 9 heteroatoms. The summed E-state index contributed by atoms with van der Waals surface area (Å²) in [5, 5.41) is 12.5. The fourth-order valence-corrected chi connectivity index (χ4v) is 3.99. The van der Waals surface area contributed by atoms with Crippen LogP contribution < -0.4 is 10.2 Å². The van der Waals surface area contributed by atoms with Crippen molar-refractivity contribution in [2.24, 2.45) is 0 Å². The number of ketones is 1. The van der Waals surface area contributed by atoms with Crippen LogP contribution in [0.4, 0.5) is 11.6 Å². The topological polar surface area (TPSA) is 118 Å². The first-order chi connectivity index (χ1) is 14.5. The zero-order chi connectivity index (χ0) is 21.3. The van der Waals surface area contributed by atoms with Gasteiger partial charge in [0.25, 0.3) is 0 Å². The molecule has 158 valence electrons. The molecule has 2 N–H and O–H groups in total. The van der Waals surface area contributed by atoms with E-state index < -0.39 is 11.9 Å². The lowest BCUT2D eigenvalue weighted by Gasteiger charge is -2.38. The minimum Gasteiger partial charge on any atom is -0.385 e. The number of carbonyl (C=O) groups excluding carboxylic acids is 2. The van der Waals surface area contributed by atoms with Crippen molar-refractivity contribution in [3.8, 4) is 11.3 Å². The van der Waals surface area contributed by atoms with Crippen molar-refractivity contribution in [1.29, 1.82) is 0 Å². The Kier molecular flexibility index (Phi) is 5.74. The van der Waals surface area contributed by atoms with E-state index in [1.807, 2.05) is 0 Å². The summed E-state index contributed by atoms with van der Waals surface area (Å²) in [6.07, 6.45) is 5.80. The molecule has 3 heterocycles. The Bertz CT molecular complexity index is 939. The van der Waals surface area contributed by atoms with E-state index in [9.17, 15) is 14.7 Å². The Morgan fingerprint density at radius 1 is 1.23 bits per heavy atom. The molecule has 2 aromatic rings.